The third kappa shape index (κ3) is 4.52. The summed E-state index contributed by atoms with van der Waals surface area (Å²) in [6.07, 6.45) is 0.874. The van der Waals surface area contributed by atoms with Gasteiger partial charge in [0.2, 0.25) is 5.88 Å². The zero-order valence-corrected chi connectivity index (χ0v) is 15.7. The molecule has 0 saturated heterocycles. The smallest absolute Gasteiger partial charge is 0.219 e. The van der Waals surface area contributed by atoms with Gasteiger partial charge < -0.3 is 15.2 Å². The molecule has 0 aliphatic rings. The first-order chi connectivity index (χ1) is 12.5. The lowest BCUT2D eigenvalue weighted by atomic mass is 10.1. The second-order valence-corrected chi connectivity index (χ2v) is 6.95. The number of aryl methyl sites for hydroxylation is 1. The van der Waals surface area contributed by atoms with Crippen LogP contribution in [0, 0.1) is 12.8 Å². The second-order valence-electron chi connectivity index (χ2n) is 6.95. The molecule has 3 aromatic rings. The highest BCUT2D eigenvalue weighted by Gasteiger charge is 2.07. The van der Waals surface area contributed by atoms with Crippen molar-refractivity contribution in [1.82, 2.24) is 4.98 Å². The highest BCUT2D eigenvalue weighted by molar-refractivity contribution is 5.79. The normalized spacial score (nSPS) is 11.1. The van der Waals surface area contributed by atoms with Crippen molar-refractivity contribution in [3.05, 3.63) is 59.7 Å². The fraction of sp³-hybridized carbons (Fsp3) is 0.318. The van der Waals surface area contributed by atoms with Crippen molar-refractivity contribution in [2.75, 3.05) is 13.2 Å². The minimum atomic E-state index is 0.499. The fourth-order valence-corrected chi connectivity index (χ4v) is 2.74. The van der Waals surface area contributed by atoms with Crippen LogP contribution in [0.5, 0.6) is 17.4 Å². The Morgan fingerprint density at radius 2 is 1.88 bits per heavy atom. The number of aromatic nitrogens is 1. The van der Waals surface area contributed by atoms with Crippen molar-refractivity contribution < 1.29 is 9.47 Å². The van der Waals surface area contributed by atoms with E-state index in [2.05, 4.69) is 31.0 Å². The van der Waals surface area contributed by atoms with Crippen molar-refractivity contribution in [1.29, 1.82) is 0 Å². The summed E-state index contributed by atoms with van der Waals surface area (Å²) in [6, 6.07) is 16.0. The molecule has 0 atom stereocenters. The molecule has 3 rings (SSSR count). The van der Waals surface area contributed by atoms with Gasteiger partial charge in [0, 0.05) is 11.5 Å². The third-order valence-electron chi connectivity index (χ3n) is 4.11. The monoisotopic (exact) mass is 350 g/mol. The maximum absolute atomic E-state index is 5.99. The maximum atomic E-state index is 5.99. The number of fused-ring (bicyclic) bond motifs is 1. The first kappa shape index (κ1) is 18.2. The van der Waals surface area contributed by atoms with E-state index in [0.717, 1.165) is 34.4 Å². The molecule has 0 aliphatic heterocycles. The van der Waals surface area contributed by atoms with Crippen LogP contribution in [-0.2, 0) is 6.42 Å². The summed E-state index contributed by atoms with van der Waals surface area (Å²) in [6.45, 7) is 7.63. The van der Waals surface area contributed by atoms with Crippen LogP contribution in [-0.4, -0.2) is 18.1 Å². The van der Waals surface area contributed by atoms with Crippen molar-refractivity contribution in [3.8, 4) is 17.4 Å². The zero-order valence-electron chi connectivity index (χ0n) is 15.7. The number of rotatable bonds is 7. The molecule has 0 spiro atoms. The summed E-state index contributed by atoms with van der Waals surface area (Å²) in [7, 11) is 0. The van der Waals surface area contributed by atoms with E-state index >= 15 is 0 Å². The van der Waals surface area contributed by atoms with Gasteiger partial charge in [-0.3, -0.25) is 0 Å². The number of nitrogens with two attached hydrogens (primary N) is 1. The molecule has 0 fully saturated rings. The lowest BCUT2D eigenvalue weighted by Gasteiger charge is -2.12. The minimum Gasteiger partial charge on any atom is -0.493 e. The number of benzene rings is 2. The van der Waals surface area contributed by atoms with E-state index in [-0.39, 0.29) is 0 Å². The van der Waals surface area contributed by atoms with Gasteiger partial charge in [0.1, 0.15) is 11.5 Å². The number of hydrogen-bond acceptors (Lipinski definition) is 4. The number of nitrogens with zero attached hydrogens (tertiary/aromatic N) is 1. The molecule has 2 N–H and O–H groups in total. The van der Waals surface area contributed by atoms with Crippen LogP contribution < -0.4 is 15.2 Å². The second kappa shape index (κ2) is 8.19. The Morgan fingerprint density at radius 1 is 1.04 bits per heavy atom. The van der Waals surface area contributed by atoms with E-state index in [0.29, 0.717) is 24.9 Å². The Hall–Kier alpha value is -2.59. The summed E-state index contributed by atoms with van der Waals surface area (Å²) in [5.41, 5.74) is 8.79. The van der Waals surface area contributed by atoms with Crippen LogP contribution in [0.4, 0.5) is 0 Å². The Bertz CT molecular complexity index is 890. The van der Waals surface area contributed by atoms with Crippen LogP contribution in [0.25, 0.3) is 10.9 Å². The van der Waals surface area contributed by atoms with Gasteiger partial charge in [-0.15, -0.1) is 0 Å². The van der Waals surface area contributed by atoms with E-state index in [1.54, 1.807) is 0 Å². The van der Waals surface area contributed by atoms with Gasteiger partial charge in [-0.2, -0.15) is 0 Å². The summed E-state index contributed by atoms with van der Waals surface area (Å²) in [5, 5.41) is 1.09. The van der Waals surface area contributed by atoms with Crippen LogP contribution in [0.3, 0.4) is 0 Å². The molecule has 0 saturated carbocycles. The van der Waals surface area contributed by atoms with E-state index in [1.807, 2.05) is 43.3 Å². The molecule has 0 bridgehead atoms. The first-order valence-electron chi connectivity index (χ1n) is 9.06. The van der Waals surface area contributed by atoms with Crippen molar-refractivity contribution in [2.24, 2.45) is 11.7 Å². The van der Waals surface area contributed by atoms with Gasteiger partial charge in [-0.25, -0.2) is 4.98 Å². The fourth-order valence-electron chi connectivity index (χ4n) is 2.74. The van der Waals surface area contributed by atoms with Crippen molar-refractivity contribution >= 4 is 10.9 Å². The summed E-state index contributed by atoms with van der Waals surface area (Å²) in [5.74, 6) is 2.73. The molecule has 0 radical (unpaired) electrons. The van der Waals surface area contributed by atoms with Crippen molar-refractivity contribution in [3.63, 3.8) is 0 Å². The lowest BCUT2D eigenvalue weighted by molar-refractivity contribution is 0.270. The predicted molar refractivity (Wildman–Crippen MR) is 106 cm³/mol. The molecule has 0 amide bonds. The van der Waals surface area contributed by atoms with E-state index < -0.39 is 0 Å². The van der Waals surface area contributed by atoms with Gasteiger partial charge in [0.15, 0.2) is 0 Å². The molecule has 1 heterocycles. The topological polar surface area (TPSA) is 57.4 Å². The maximum Gasteiger partial charge on any atom is 0.219 e. The van der Waals surface area contributed by atoms with Gasteiger partial charge in [-0.1, -0.05) is 19.9 Å². The Labute approximate surface area is 155 Å². The van der Waals surface area contributed by atoms with E-state index in [9.17, 15) is 0 Å². The zero-order chi connectivity index (χ0) is 18.5. The van der Waals surface area contributed by atoms with Gasteiger partial charge >= 0.3 is 0 Å². The highest BCUT2D eigenvalue weighted by atomic mass is 16.5. The van der Waals surface area contributed by atoms with Crippen LogP contribution in [0.2, 0.25) is 0 Å². The molecule has 4 nitrogen and oxygen atoms in total. The van der Waals surface area contributed by atoms with Crippen LogP contribution in [0.15, 0.2) is 48.5 Å². The molecule has 4 heteroatoms. The van der Waals surface area contributed by atoms with Gasteiger partial charge in [-0.05, 0) is 73.3 Å². The van der Waals surface area contributed by atoms with Crippen LogP contribution in [0.1, 0.15) is 25.0 Å². The van der Waals surface area contributed by atoms with Crippen LogP contribution >= 0.6 is 0 Å². The SMILES string of the molecule is Cc1cc(OCC(C)C)ccc1Oc1ccc2cc(CCN)ccc2n1. The predicted octanol–water partition coefficient (Wildman–Crippen LogP) is 4.87. The minimum absolute atomic E-state index is 0.499. The molecule has 0 unspecified atom stereocenters. The molecular weight excluding hydrogens is 324 g/mol. The van der Waals surface area contributed by atoms with Gasteiger partial charge in [0.25, 0.3) is 0 Å². The molecular formula is C22H26N2O2. The average molecular weight is 350 g/mol. The number of hydrogen-bond donors (Lipinski definition) is 1. The molecule has 26 heavy (non-hydrogen) atoms. The Balaban J connectivity index is 1.76. The van der Waals surface area contributed by atoms with Crippen molar-refractivity contribution in [2.45, 2.75) is 27.2 Å². The molecule has 2 aromatic carbocycles. The summed E-state index contributed by atoms with van der Waals surface area (Å²) < 4.78 is 11.8. The van der Waals surface area contributed by atoms with Gasteiger partial charge in [0.05, 0.1) is 12.1 Å². The van der Waals surface area contributed by atoms with E-state index in [4.69, 9.17) is 15.2 Å². The summed E-state index contributed by atoms with van der Waals surface area (Å²) in [4.78, 5) is 4.61. The Morgan fingerprint density at radius 3 is 2.62 bits per heavy atom. The number of ether oxygens (including phenoxy) is 2. The third-order valence-corrected chi connectivity index (χ3v) is 4.11. The molecule has 1 aromatic heterocycles. The standard InChI is InChI=1S/C22H26N2O2/c1-15(2)14-25-19-6-8-21(16(3)12-19)26-22-9-5-18-13-17(10-11-23)4-7-20(18)24-22/h4-9,12-13,15H,10-11,14,23H2,1-3H3. The largest absolute Gasteiger partial charge is 0.493 e. The summed E-state index contributed by atoms with van der Waals surface area (Å²) >= 11 is 0. The van der Waals surface area contributed by atoms with E-state index in [1.165, 1.54) is 5.56 Å². The first-order valence-corrected chi connectivity index (χ1v) is 9.06. The lowest BCUT2D eigenvalue weighted by Crippen LogP contribution is -2.04. The quantitative estimate of drug-likeness (QED) is 0.660. The average Bonchev–Trinajstić information content (AvgIpc) is 2.62. The Kier molecular flexibility index (Phi) is 5.74. The highest BCUT2D eigenvalue weighted by Crippen LogP contribution is 2.28. The number of pyridine rings is 1. The molecule has 136 valence electrons. The molecule has 0 aliphatic carbocycles.